The second-order valence-corrected chi connectivity index (χ2v) is 4.43. The van der Waals surface area contributed by atoms with E-state index in [0.717, 1.165) is 5.56 Å². The number of benzene rings is 1. The summed E-state index contributed by atoms with van der Waals surface area (Å²) in [7, 11) is 1.56. The monoisotopic (exact) mass is 307 g/mol. The maximum absolute atomic E-state index is 11.2. The van der Waals surface area contributed by atoms with Crippen molar-refractivity contribution in [3.63, 3.8) is 0 Å². The molecule has 0 aliphatic heterocycles. The van der Waals surface area contributed by atoms with E-state index in [9.17, 15) is 4.79 Å². The molecule has 110 valence electrons. The van der Waals surface area contributed by atoms with Crippen molar-refractivity contribution >= 4 is 23.8 Å². The van der Waals surface area contributed by atoms with Crippen LogP contribution < -0.4 is 4.74 Å². The van der Waals surface area contributed by atoms with Crippen molar-refractivity contribution in [2.24, 2.45) is 0 Å². The molecule has 21 heavy (non-hydrogen) atoms. The van der Waals surface area contributed by atoms with Gasteiger partial charge in [-0.3, -0.25) is 0 Å². The molecule has 0 saturated heterocycles. The first-order valence-corrected chi connectivity index (χ1v) is 6.61. The predicted molar refractivity (Wildman–Crippen MR) is 79.0 cm³/mol. The van der Waals surface area contributed by atoms with Crippen LogP contribution >= 0.6 is 11.6 Å². The molecule has 1 aromatic carbocycles. The van der Waals surface area contributed by atoms with Gasteiger partial charge in [0.1, 0.15) is 12.1 Å². The van der Waals surface area contributed by atoms with Crippen LogP contribution in [-0.4, -0.2) is 34.5 Å². The van der Waals surface area contributed by atoms with E-state index in [1.54, 1.807) is 32.2 Å². The third kappa shape index (κ3) is 4.06. The van der Waals surface area contributed by atoms with Gasteiger partial charge in [-0.1, -0.05) is 11.6 Å². The van der Waals surface area contributed by atoms with Crippen molar-refractivity contribution < 1.29 is 14.3 Å². The topological polar surface area (TPSA) is 66.2 Å². The number of ether oxygens (including phenoxy) is 2. The lowest BCUT2D eigenvalue weighted by atomic mass is 10.2. The smallest absolute Gasteiger partial charge is 0.332 e. The number of carbonyl (C=O) groups excluding carboxylic acids is 1. The van der Waals surface area contributed by atoms with E-state index in [0.29, 0.717) is 23.2 Å². The van der Waals surface area contributed by atoms with Gasteiger partial charge in [-0.25, -0.2) is 14.5 Å². The zero-order valence-electron chi connectivity index (χ0n) is 11.6. The van der Waals surface area contributed by atoms with E-state index in [1.165, 1.54) is 23.3 Å². The quantitative estimate of drug-likeness (QED) is 0.627. The van der Waals surface area contributed by atoms with Gasteiger partial charge in [0.05, 0.1) is 13.7 Å². The van der Waals surface area contributed by atoms with Gasteiger partial charge in [0.25, 0.3) is 0 Å². The molecule has 0 aliphatic carbocycles. The van der Waals surface area contributed by atoms with Crippen LogP contribution in [0.2, 0.25) is 5.02 Å². The van der Waals surface area contributed by atoms with Gasteiger partial charge >= 0.3 is 5.97 Å². The van der Waals surface area contributed by atoms with Crippen molar-refractivity contribution in [3.05, 3.63) is 35.6 Å². The minimum Gasteiger partial charge on any atom is -0.497 e. The normalized spacial score (nSPS) is 10.8. The highest BCUT2D eigenvalue weighted by Gasteiger charge is 2.07. The van der Waals surface area contributed by atoms with E-state index in [2.05, 4.69) is 10.1 Å². The summed E-state index contributed by atoms with van der Waals surface area (Å²) in [5.41, 5.74) is 0.725. The zero-order chi connectivity index (χ0) is 15.2. The fourth-order valence-corrected chi connectivity index (χ4v) is 1.84. The first-order valence-electron chi connectivity index (χ1n) is 6.23. The second-order valence-electron chi connectivity index (χ2n) is 4.00. The summed E-state index contributed by atoms with van der Waals surface area (Å²) in [6, 6.07) is 5.21. The van der Waals surface area contributed by atoms with Crippen molar-refractivity contribution in [1.82, 2.24) is 14.8 Å². The summed E-state index contributed by atoms with van der Waals surface area (Å²) >= 11 is 6.01. The molecule has 1 heterocycles. The van der Waals surface area contributed by atoms with Gasteiger partial charge in [0, 0.05) is 22.9 Å². The lowest BCUT2D eigenvalue weighted by molar-refractivity contribution is -0.137. The van der Waals surface area contributed by atoms with E-state index in [-0.39, 0.29) is 0 Å². The van der Waals surface area contributed by atoms with Crippen molar-refractivity contribution in [2.75, 3.05) is 13.7 Å². The van der Waals surface area contributed by atoms with Gasteiger partial charge in [0.2, 0.25) is 0 Å². The van der Waals surface area contributed by atoms with Crippen LogP contribution in [0.15, 0.2) is 30.6 Å². The Hall–Kier alpha value is -2.34. The standard InChI is InChI=1S/C14H14ClN3O3/c1-3-21-13(19)4-5-18-9-16-14(17-18)10-6-11(15)8-12(7-10)20-2/h4-9H,3H2,1-2H3/b5-4-. The summed E-state index contributed by atoms with van der Waals surface area (Å²) in [5, 5.41) is 4.76. The zero-order valence-corrected chi connectivity index (χ0v) is 12.4. The van der Waals surface area contributed by atoms with Crippen LogP contribution in [0, 0.1) is 0 Å². The molecule has 6 nitrogen and oxygen atoms in total. The SMILES string of the molecule is CCOC(=O)/C=C\n1cnc(-c2cc(Cl)cc(OC)c2)n1. The molecule has 0 radical (unpaired) electrons. The molecule has 0 amide bonds. The molecule has 0 saturated carbocycles. The lowest BCUT2D eigenvalue weighted by Gasteiger charge is -2.02. The first kappa shape index (κ1) is 15.1. The van der Waals surface area contributed by atoms with Gasteiger partial charge < -0.3 is 9.47 Å². The Bertz CT molecular complexity index is 667. The highest BCUT2D eigenvalue weighted by molar-refractivity contribution is 6.31. The molecule has 2 rings (SSSR count). The molecule has 0 bridgehead atoms. The fourth-order valence-electron chi connectivity index (χ4n) is 1.62. The number of esters is 1. The maximum Gasteiger partial charge on any atom is 0.332 e. The summed E-state index contributed by atoms with van der Waals surface area (Å²) in [6.07, 6.45) is 4.23. The van der Waals surface area contributed by atoms with E-state index in [1.807, 2.05) is 0 Å². The molecule has 0 spiro atoms. The Balaban J connectivity index is 2.20. The van der Waals surface area contributed by atoms with Crippen LogP contribution in [0.4, 0.5) is 0 Å². The predicted octanol–water partition coefficient (Wildman–Crippen LogP) is 2.64. The van der Waals surface area contributed by atoms with Crippen LogP contribution in [0.5, 0.6) is 5.75 Å². The first-order chi connectivity index (χ1) is 10.1. The lowest BCUT2D eigenvalue weighted by Crippen LogP contribution is -2.00. The van der Waals surface area contributed by atoms with Crippen LogP contribution in [0.3, 0.4) is 0 Å². The Labute approximate surface area is 127 Å². The van der Waals surface area contributed by atoms with E-state index >= 15 is 0 Å². The molecule has 2 aromatic rings. The average Bonchev–Trinajstić information content (AvgIpc) is 2.93. The number of hydrogen-bond acceptors (Lipinski definition) is 5. The van der Waals surface area contributed by atoms with Gasteiger partial charge in [-0.05, 0) is 25.1 Å². The van der Waals surface area contributed by atoms with Crippen LogP contribution in [0.25, 0.3) is 17.6 Å². The fraction of sp³-hybridized carbons (Fsp3) is 0.214. The van der Waals surface area contributed by atoms with Gasteiger partial charge in [0.15, 0.2) is 5.82 Å². The molecule has 1 aromatic heterocycles. The van der Waals surface area contributed by atoms with E-state index in [4.69, 9.17) is 21.1 Å². The van der Waals surface area contributed by atoms with Gasteiger partial charge in [-0.15, -0.1) is 5.10 Å². The van der Waals surface area contributed by atoms with Gasteiger partial charge in [-0.2, -0.15) is 0 Å². The third-order valence-electron chi connectivity index (χ3n) is 2.52. The number of nitrogens with zero attached hydrogens (tertiary/aromatic N) is 3. The molecule has 0 atom stereocenters. The van der Waals surface area contributed by atoms with E-state index < -0.39 is 5.97 Å². The van der Waals surface area contributed by atoms with Crippen LogP contribution in [-0.2, 0) is 9.53 Å². The highest BCUT2D eigenvalue weighted by Crippen LogP contribution is 2.26. The van der Waals surface area contributed by atoms with Crippen molar-refractivity contribution in [2.45, 2.75) is 6.92 Å². The van der Waals surface area contributed by atoms with Crippen LogP contribution in [0.1, 0.15) is 6.92 Å². The molecular formula is C14H14ClN3O3. The number of methoxy groups -OCH3 is 1. The number of carbonyl (C=O) groups is 1. The molecule has 0 N–H and O–H groups in total. The minimum absolute atomic E-state index is 0.327. The Morgan fingerprint density at radius 1 is 1.43 bits per heavy atom. The molecule has 0 fully saturated rings. The highest BCUT2D eigenvalue weighted by atomic mass is 35.5. The molecule has 0 unspecified atom stereocenters. The second kappa shape index (κ2) is 6.90. The molecular weight excluding hydrogens is 294 g/mol. The van der Waals surface area contributed by atoms with Crippen molar-refractivity contribution in [1.29, 1.82) is 0 Å². The van der Waals surface area contributed by atoms with Crippen molar-refractivity contribution in [3.8, 4) is 17.1 Å². The Morgan fingerprint density at radius 2 is 2.24 bits per heavy atom. The molecule has 7 heteroatoms. The summed E-state index contributed by atoms with van der Waals surface area (Å²) in [6.45, 7) is 2.07. The number of hydrogen-bond donors (Lipinski definition) is 0. The maximum atomic E-state index is 11.2. The molecule has 0 aliphatic rings. The Kier molecular flexibility index (Phi) is 4.94. The average molecular weight is 308 g/mol. The summed E-state index contributed by atoms with van der Waals surface area (Å²) in [5.74, 6) is 0.666. The largest absolute Gasteiger partial charge is 0.497 e. The summed E-state index contributed by atoms with van der Waals surface area (Å²) < 4.78 is 11.3. The number of halogens is 1. The summed E-state index contributed by atoms with van der Waals surface area (Å²) in [4.78, 5) is 15.4. The third-order valence-corrected chi connectivity index (χ3v) is 2.74. The Morgan fingerprint density at radius 3 is 2.95 bits per heavy atom. The number of rotatable bonds is 5. The minimum atomic E-state index is -0.432. The number of aromatic nitrogens is 3.